The lowest BCUT2D eigenvalue weighted by atomic mass is 10.1. The predicted octanol–water partition coefficient (Wildman–Crippen LogP) is 4.79. The van der Waals surface area contributed by atoms with E-state index in [-0.39, 0.29) is 0 Å². The minimum Gasteiger partial charge on any atom is -0.309 e. The number of thiophene rings is 2. The molecule has 0 amide bonds. The third-order valence-corrected chi connectivity index (χ3v) is 6.38. The van der Waals surface area contributed by atoms with Crippen LogP contribution in [0.4, 0.5) is 0 Å². The van der Waals surface area contributed by atoms with Crippen molar-refractivity contribution in [2.24, 2.45) is 0 Å². The third kappa shape index (κ3) is 2.69. The molecule has 2 heterocycles. The van der Waals surface area contributed by atoms with E-state index in [0.29, 0.717) is 6.04 Å². The fourth-order valence-corrected chi connectivity index (χ4v) is 4.67. The summed E-state index contributed by atoms with van der Waals surface area (Å²) in [4.78, 5) is 2.70. The monoisotopic (exact) mass is 427 g/mol. The molecule has 0 aliphatic rings. The molecule has 1 N–H and O–H groups in total. The first-order valence-corrected chi connectivity index (χ1v) is 8.35. The second-order valence-corrected chi connectivity index (χ2v) is 8.41. The summed E-state index contributed by atoms with van der Waals surface area (Å²) in [5.74, 6) is 0. The van der Waals surface area contributed by atoms with E-state index in [4.69, 9.17) is 0 Å². The third-order valence-electron chi connectivity index (χ3n) is 2.37. The van der Waals surface area contributed by atoms with Crippen molar-refractivity contribution in [2.45, 2.75) is 13.0 Å². The number of rotatable bonds is 3. The Morgan fingerprint density at radius 3 is 2.62 bits per heavy atom. The summed E-state index contributed by atoms with van der Waals surface area (Å²) >= 11 is 9.58. The maximum absolute atomic E-state index is 3.58. The maximum atomic E-state index is 3.58. The average Bonchev–Trinajstić information content (AvgIpc) is 2.77. The molecule has 86 valence electrons. The minimum absolute atomic E-state index is 0.315. The Bertz CT molecular complexity index is 472. The van der Waals surface area contributed by atoms with Gasteiger partial charge in [-0.25, -0.2) is 0 Å². The first-order chi connectivity index (χ1) is 7.61. The lowest BCUT2D eigenvalue weighted by Crippen LogP contribution is -2.15. The van der Waals surface area contributed by atoms with Crippen LogP contribution in [0, 0.1) is 9.81 Å². The smallest absolute Gasteiger partial charge is 0.0677 e. The van der Waals surface area contributed by atoms with Gasteiger partial charge >= 0.3 is 0 Å². The summed E-state index contributed by atoms with van der Waals surface area (Å²) in [7, 11) is 2.01. The molecule has 0 aromatic carbocycles. The number of hydrogen-bond acceptors (Lipinski definition) is 3. The molecule has 0 radical (unpaired) electrons. The lowest BCUT2D eigenvalue weighted by molar-refractivity contribution is 0.706. The summed E-state index contributed by atoms with van der Waals surface area (Å²) < 4.78 is 2.54. The van der Waals surface area contributed by atoms with Crippen LogP contribution in [-0.2, 0) is 0 Å². The lowest BCUT2D eigenvalue weighted by Gasteiger charge is -2.12. The van der Waals surface area contributed by atoms with E-state index in [9.17, 15) is 0 Å². The molecule has 0 spiro atoms. The highest BCUT2D eigenvalue weighted by atomic mass is 127. The fourth-order valence-electron chi connectivity index (χ4n) is 1.57. The van der Waals surface area contributed by atoms with E-state index in [1.807, 2.05) is 18.4 Å². The van der Waals surface area contributed by atoms with Gasteiger partial charge in [-0.1, -0.05) is 0 Å². The maximum Gasteiger partial charge on any atom is 0.0677 e. The van der Waals surface area contributed by atoms with Gasteiger partial charge in [0.1, 0.15) is 0 Å². The second-order valence-electron chi connectivity index (χ2n) is 3.46. The van der Waals surface area contributed by atoms with Crippen molar-refractivity contribution < 1.29 is 0 Å². The Morgan fingerprint density at radius 2 is 2.19 bits per heavy atom. The van der Waals surface area contributed by atoms with Crippen LogP contribution in [-0.4, -0.2) is 7.05 Å². The molecule has 0 fully saturated rings. The molecule has 0 aliphatic carbocycles. The largest absolute Gasteiger partial charge is 0.309 e. The van der Waals surface area contributed by atoms with Gasteiger partial charge in [0.05, 0.1) is 8.93 Å². The molecule has 5 heteroatoms. The van der Waals surface area contributed by atoms with Crippen LogP contribution >= 0.6 is 61.2 Å². The van der Waals surface area contributed by atoms with E-state index in [1.54, 1.807) is 11.3 Å². The van der Waals surface area contributed by atoms with Crippen molar-refractivity contribution in [1.29, 1.82) is 0 Å². The molecule has 1 nitrogen and oxygen atoms in total. The number of aryl methyl sites for hydroxylation is 1. The van der Waals surface area contributed by atoms with Crippen LogP contribution in [0.15, 0.2) is 22.0 Å². The SMILES string of the molecule is CNC(c1csc(I)c1)c1cc(Br)c(C)s1. The van der Waals surface area contributed by atoms with Crippen LogP contribution < -0.4 is 5.32 Å². The van der Waals surface area contributed by atoms with Gasteiger partial charge < -0.3 is 5.32 Å². The normalized spacial score (nSPS) is 13.0. The fraction of sp³-hybridized carbons (Fsp3) is 0.273. The molecule has 2 rings (SSSR count). The van der Waals surface area contributed by atoms with Gasteiger partial charge in [0.25, 0.3) is 0 Å². The molecule has 2 aromatic heterocycles. The van der Waals surface area contributed by atoms with Gasteiger partial charge in [-0.05, 0) is 75.6 Å². The zero-order chi connectivity index (χ0) is 11.7. The van der Waals surface area contributed by atoms with Crippen molar-refractivity contribution in [3.63, 3.8) is 0 Å². The van der Waals surface area contributed by atoms with E-state index in [1.165, 1.54) is 22.7 Å². The minimum atomic E-state index is 0.315. The Morgan fingerprint density at radius 1 is 1.44 bits per heavy atom. The van der Waals surface area contributed by atoms with Gasteiger partial charge in [-0.2, -0.15) is 0 Å². The van der Waals surface area contributed by atoms with Crippen molar-refractivity contribution in [3.05, 3.63) is 40.2 Å². The van der Waals surface area contributed by atoms with E-state index in [0.717, 1.165) is 0 Å². The van der Waals surface area contributed by atoms with E-state index < -0.39 is 0 Å². The molecule has 0 saturated heterocycles. The van der Waals surface area contributed by atoms with Gasteiger partial charge in [0, 0.05) is 14.2 Å². The summed E-state index contributed by atoms with van der Waals surface area (Å²) in [6, 6.07) is 4.77. The topological polar surface area (TPSA) is 12.0 Å². The predicted molar refractivity (Wildman–Crippen MR) is 84.7 cm³/mol. The van der Waals surface area contributed by atoms with Crippen molar-refractivity contribution in [3.8, 4) is 0 Å². The standard InChI is InChI=1S/C11H11BrINS2/c1-6-8(12)4-9(16-6)11(14-2)7-3-10(13)15-5-7/h3-5,11,14H,1-2H3. The molecule has 16 heavy (non-hydrogen) atoms. The van der Waals surface area contributed by atoms with Crippen LogP contribution in [0.5, 0.6) is 0 Å². The molecule has 0 bridgehead atoms. The van der Waals surface area contributed by atoms with Crippen LogP contribution in [0.2, 0.25) is 0 Å². The highest BCUT2D eigenvalue weighted by molar-refractivity contribution is 14.1. The molecular formula is C11H11BrINS2. The van der Waals surface area contributed by atoms with E-state index >= 15 is 0 Å². The Kier molecular flexibility index (Phi) is 4.45. The van der Waals surface area contributed by atoms with Crippen LogP contribution in [0.25, 0.3) is 0 Å². The highest BCUT2D eigenvalue weighted by Crippen LogP contribution is 2.35. The Hall–Kier alpha value is 0.570. The van der Waals surface area contributed by atoms with Crippen molar-refractivity contribution in [1.82, 2.24) is 5.32 Å². The molecule has 1 unspecified atom stereocenters. The summed E-state index contributed by atoms with van der Waals surface area (Å²) in [5.41, 5.74) is 1.35. The van der Waals surface area contributed by atoms with Gasteiger partial charge in [0.15, 0.2) is 0 Å². The summed E-state index contributed by atoms with van der Waals surface area (Å²) in [6.45, 7) is 2.14. The van der Waals surface area contributed by atoms with Crippen LogP contribution in [0.3, 0.4) is 0 Å². The van der Waals surface area contributed by atoms with Gasteiger partial charge in [-0.3, -0.25) is 0 Å². The molecule has 0 saturated carbocycles. The first-order valence-electron chi connectivity index (χ1n) is 4.79. The Labute approximate surface area is 126 Å². The second kappa shape index (κ2) is 5.48. The summed E-state index contributed by atoms with van der Waals surface area (Å²) in [5, 5.41) is 5.61. The zero-order valence-electron chi connectivity index (χ0n) is 8.88. The van der Waals surface area contributed by atoms with Crippen molar-refractivity contribution >= 4 is 61.2 Å². The molecule has 0 aliphatic heterocycles. The van der Waals surface area contributed by atoms with Crippen LogP contribution in [0.1, 0.15) is 21.4 Å². The number of hydrogen-bond donors (Lipinski definition) is 1. The van der Waals surface area contributed by atoms with Gasteiger partial charge in [-0.15, -0.1) is 22.7 Å². The highest BCUT2D eigenvalue weighted by Gasteiger charge is 2.16. The number of nitrogens with one attached hydrogen (secondary N) is 1. The van der Waals surface area contributed by atoms with E-state index in [2.05, 4.69) is 68.3 Å². The van der Waals surface area contributed by atoms with Crippen molar-refractivity contribution in [2.75, 3.05) is 7.05 Å². The quantitative estimate of drug-likeness (QED) is 0.694. The molecular weight excluding hydrogens is 417 g/mol. The van der Waals surface area contributed by atoms with Gasteiger partial charge in [0.2, 0.25) is 0 Å². The zero-order valence-corrected chi connectivity index (χ0v) is 14.3. The first kappa shape index (κ1) is 13.0. The molecule has 2 aromatic rings. The summed E-state index contributed by atoms with van der Waals surface area (Å²) in [6.07, 6.45) is 0. The molecule has 1 atom stereocenters. The Balaban J connectivity index is 2.36. The number of halogens is 2. The average molecular weight is 428 g/mol.